The van der Waals surface area contributed by atoms with Crippen LogP contribution in [-0.4, -0.2) is 20.2 Å². The van der Waals surface area contributed by atoms with Gasteiger partial charge in [-0.05, 0) is 36.2 Å². The van der Waals surface area contributed by atoms with Gasteiger partial charge in [-0.15, -0.1) is 24.0 Å². The molecule has 0 unspecified atom stereocenters. The molecular formula is C17H21FIN3O2. The van der Waals surface area contributed by atoms with Crippen LogP contribution in [0, 0.1) is 12.7 Å². The fraction of sp³-hybridized carbons (Fsp3) is 0.235. The maximum Gasteiger partial charge on any atom is 0.193 e. The van der Waals surface area contributed by atoms with Crippen molar-refractivity contribution in [1.29, 1.82) is 0 Å². The summed E-state index contributed by atoms with van der Waals surface area (Å²) in [5, 5.41) is 2.96. The van der Waals surface area contributed by atoms with Crippen molar-refractivity contribution in [2.75, 3.05) is 19.5 Å². The highest BCUT2D eigenvalue weighted by atomic mass is 127. The number of halogens is 2. The second-order valence-electron chi connectivity index (χ2n) is 4.98. The first-order chi connectivity index (χ1) is 11.0. The number of methoxy groups -OCH3 is 2. The summed E-state index contributed by atoms with van der Waals surface area (Å²) in [6.45, 7) is 2.00. The Labute approximate surface area is 158 Å². The van der Waals surface area contributed by atoms with E-state index in [0.29, 0.717) is 22.7 Å². The highest BCUT2D eigenvalue weighted by Crippen LogP contribution is 2.28. The number of anilines is 1. The fourth-order valence-electron chi connectivity index (χ4n) is 2.00. The SMILES string of the molecule is COc1ccc(OC)c(NC(N)=NCc2ccc(C)c(F)c2)c1.I. The van der Waals surface area contributed by atoms with Crippen LogP contribution in [-0.2, 0) is 6.54 Å². The highest BCUT2D eigenvalue weighted by Gasteiger charge is 2.06. The van der Waals surface area contributed by atoms with Gasteiger partial charge in [0.05, 0.1) is 26.5 Å². The number of rotatable bonds is 5. The van der Waals surface area contributed by atoms with E-state index < -0.39 is 0 Å². The molecule has 0 spiro atoms. The Balaban J connectivity index is 0.00000288. The maximum atomic E-state index is 13.5. The highest BCUT2D eigenvalue weighted by molar-refractivity contribution is 14.0. The van der Waals surface area contributed by atoms with Crippen molar-refractivity contribution >= 4 is 35.6 Å². The molecule has 2 aromatic rings. The minimum atomic E-state index is -0.251. The largest absolute Gasteiger partial charge is 0.497 e. The molecule has 0 bridgehead atoms. The second kappa shape index (κ2) is 9.31. The molecule has 0 heterocycles. The molecule has 24 heavy (non-hydrogen) atoms. The molecule has 0 aliphatic heterocycles. The van der Waals surface area contributed by atoms with Crippen LogP contribution in [0.15, 0.2) is 41.4 Å². The van der Waals surface area contributed by atoms with Crippen molar-refractivity contribution in [1.82, 2.24) is 0 Å². The summed E-state index contributed by atoms with van der Waals surface area (Å²) in [6, 6.07) is 10.3. The molecule has 2 aromatic carbocycles. The lowest BCUT2D eigenvalue weighted by molar-refractivity contribution is 0.405. The average molecular weight is 445 g/mol. The molecule has 0 radical (unpaired) electrons. The molecule has 0 saturated carbocycles. The van der Waals surface area contributed by atoms with Gasteiger partial charge in [0.25, 0.3) is 0 Å². The van der Waals surface area contributed by atoms with Crippen molar-refractivity contribution in [3.05, 3.63) is 53.3 Å². The molecule has 0 aliphatic carbocycles. The van der Waals surface area contributed by atoms with E-state index in [4.69, 9.17) is 15.2 Å². The number of aryl methyl sites for hydroxylation is 1. The molecule has 0 fully saturated rings. The summed E-state index contributed by atoms with van der Waals surface area (Å²) < 4.78 is 23.9. The van der Waals surface area contributed by atoms with E-state index in [1.165, 1.54) is 6.07 Å². The van der Waals surface area contributed by atoms with Crippen LogP contribution in [0.1, 0.15) is 11.1 Å². The molecule has 7 heteroatoms. The van der Waals surface area contributed by atoms with E-state index >= 15 is 0 Å². The summed E-state index contributed by atoms with van der Waals surface area (Å²) in [5.41, 5.74) is 7.87. The van der Waals surface area contributed by atoms with Gasteiger partial charge in [0.15, 0.2) is 5.96 Å². The third-order valence-corrected chi connectivity index (χ3v) is 3.34. The Bertz CT molecular complexity index is 723. The van der Waals surface area contributed by atoms with Gasteiger partial charge < -0.3 is 20.5 Å². The predicted octanol–water partition coefficient (Wildman–Crippen LogP) is 3.70. The van der Waals surface area contributed by atoms with Crippen molar-refractivity contribution in [2.45, 2.75) is 13.5 Å². The Kier molecular flexibility index (Phi) is 7.76. The minimum Gasteiger partial charge on any atom is -0.497 e. The van der Waals surface area contributed by atoms with Gasteiger partial charge in [-0.2, -0.15) is 0 Å². The van der Waals surface area contributed by atoms with Crippen LogP contribution in [0.4, 0.5) is 10.1 Å². The van der Waals surface area contributed by atoms with Crippen LogP contribution in [0.3, 0.4) is 0 Å². The van der Waals surface area contributed by atoms with Crippen LogP contribution in [0.2, 0.25) is 0 Å². The monoisotopic (exact) mass is 445 g/mol. The number of hydrogen-bond acceptors (Lipinski definition) is 3. The molecule has 130 valence electrons. The number of benzene rings is 2. The number of aliphatic imine (C=N–C) groups is 1. The zero-order valence-corrected chi connectivity index (χ0v) is 16.1. The smallest absolute Gasteiger partial charge is 0.193 e. The summed E-state index contributed by atoms with van der Waals surface area (Å²) >= 11 is 0. The topological polar surface area (TPSA) is 68.9 Å². The van der Waals surface area contributed by atoms with Gasteiger partial charge >= 0.3 is 0 Å². The van der Waals surface area contributed by atoms with Crippen LogP contribution in [0.5, 0.6) is 11.5 Å². The number of ether oxygens (including phenoxy) is 2. The Hall–Kier alpha value is -2.03. The number of nitrogens with one attached hydrogen (secondary N) is 1. The Morgan fingerprint density at radius 1 is 1.17 bits per heavy atom. The number of nitrogens with zero attached hydrogens (tertiary/aromatic N) is 1. The van der Waals surface area contributed by atoms with E-state index in [2.05, 4.69) is 10.3 Å². The lowest BCUT2D eigenvalue weighted by Crippen LogP contribution is -2.23. The normalized spacial score (nSPS) is 10.8. The van der Waals surface area contributed by atoms with Crippen molar-refractivity contribution in [3.63, 3.8) is 0 Å². The number of guanidine groups is 1. The van der Waals surface area contributed by atoms with Crippen LogP contribution >= 0.6 is 24.0 Å². The third kappa shape index (κ3) is 5.26. The van der Waals surface area contributed by atoms with Gasteiger partial charge in [-0.3, -0.25) is 0 Å². The maximum absolute atomic E-state index is 13.5. The first-order valence-corrected chi connectivity index (χ1v) is 7.07. The second-order valence-corrected chi connectivity index (χ2v) is 4.98. The van der Waals surface area contributed by atoms with Crippen molar-refractivity contribution < 1.29 is 13.9 Å². The summed E-state index contributed by atoms with van der Waals surface area (Å²) in [5.74, 6) is 1.24. The van der Waals surface area contributed by atoms with Gasteiger partial charge in [0.1, 0.15) is 17.3 Å². The van der Waals surface area contributed by atoms with E-state index in [-0.39, 0.29) is 42.3 Å². The Morgan fingerprint density at radius 3 is 2.54 bits per heavy atom. The zero-order chi connectivity index (χ0) is 16.8. The molecule has 0 atom stereocenters. The molecule has 5 nitrogen and oxygen atoms in total. The lowest BCUT2D eigenvalue weighted by atomic mass is 10.1. The molecule has 3 N–H and O–H groups in total. The number of hydrogen-bond donors (Lipinski definition) is 2. The minimum absolute atomic E-state index is 0. The van der Waals surface area contributed by atoms with Gasteiger partial charge in [0.2, 0.25) is 0 Å². The fourth-order valence-corrected chi connectivity index (χ4v) is 2.00. The zero-order valence-electron chi connectivity index (χ0n) is 13.8. The summed E-state index contributed by atoms with van der Waals surface area (Å²) in [7, 11) is 3.14. The first-order valence-electron chi connectivity index (χ1n) is 7.07. The third-order valence-electron chi connectivity index (χ3n) is 3.34. The standard InChI is InChI=1S/C17H20FN3O2.HI/c1-11-4-5-12(8-14(11)18)10-20-17(19)21-15-9-13(22-2)6-7-16(15)23-3;/h4-9H,10H2,1-3H3,(H3,19,20,21);1H. The van der Waals surface area contributed by atoms with Gasteiger partial charge in [-0.1, -0.05) is 12.1 Å². The van der Waals surface area contributed by atoms with Gasteiger partial charge in [-0.25, -0.2) is 9.38 Å². The van der Waals surface area contributed by atoms with E-state index in [0.717, 1.165) is 5.56 Å². The molecule has 0 saturated heterocycles. The Morgan fingerprint density at radius 2 is 1.92 bits per heavy atom. The first kappa shape index (κ1) is 20.0. The predicted molar refractivity (Wildman–Crippen MR) is 105 cm³/mol. The number of nitrogens with two attached hydrogens (primary N) is 1. The molecule has 2 rings (SSSR count). The molecular weight excluding hydrogens is 424 g/mol. The van der Waals surface area contributed by atoms with Gasteiger partial charge in [0, 0.05) is 6.07 Å². The average Bonchev–Trinajstić information content (AvgIpc) is 2.55. The molecule has 0 aliphatic rings. The van der Waals surface area contributed by atoms with E-state index in [1.54, 1.807) is 45.4 Å². The van der Waals surface area contributed by atoms with Crippen LogP contribution < -0.4 is 20.5 Å². The van der Waals surface area contributed by atoms with Crippen molar-refractivity contribution in [2.24, 2.45) is 10.7 Å². The summed E-state index contributed by atoms with van der Waals surface area (Å²) in [6.07, 6.45) is 0. The molecule has 0 aromatic heterocycles. The van der Waals surface area contributed by atoms with E-state index in [1.807, 2.05) is 6.07 Å². The van der Waals surface area contributed by atoms with E-state index in [9.17, 15) is 4.39 Å². The van der Waals surface area contributed by atoms with Crippen molar-refractivity contribution in [3.8, 4) is 11.5 Å². The van der Waals surface area contributed by atoms with Crippen LogP contribution in [0.25, 0.3) is 0 Å². The quantitative estimate of drug-likeness (QED) is 0.419. The molecule has 0 amide bonds. The summed E-state index contributed by atoms with van der Waals surface area (Å²) in [4.78, 5) is 4.21. The lowest BCUT2D eigenvalue weighted by Gasteiger charge is -2.12.